The molecule has 0 spiro atoms. The highest BCUT2D eigenvalue weighted by Gasteiger charge is 2.11. The first-order valence-corrected chi connectivity index (χ1v) is 10.3. The average molecular weight is 396 g/mol. The second-order valence-electron chi connectivity index (χ2n) is 7.17. The standard InChI is InChI=1S/C23H29N3O3/c1-2-29-21-12-6-18(7-13-21)16-22(27)24-17-23(28)25-19-8-10-20(11-9-19)26-14-4-3-5-15-26/h6-13H,2-5,14-17H2,1H3,(H,24,27)(H,25,28). The third-order valence-electron chi connectivity index (χ3n) is 4.92. The number of rotatable bonds is 8. The topological polar surface area (TPSA) is 70.7 Å². The maximum atomic E-state index is 12.1. The maximum absolute atomic E-state index is 12.1. The molecule has 1 saturated heterocycles. The molecule has 6 heteroatoms. The van der Waals surface area contributed by atoms with Crippen LogP contribution in [-0.2, 0) is 16.0 Å². The minimum atomic E-state index is -0.240. The smallest absolute Gasteiger partial charge is 0.243 e. The van der Waals surface area contributed by atoms with Crippen molar-refractivity contribution in [1.29, 1.82) is 0 Å². The third kappa shape index (κ3) is 6.52. The van der Waals surface area contributed by atoms with Gasteiger partial charge in [0.25, 0.3) is 0 Å². The summed E-state index contributed by atoms with van der Waals surface area (Å²) in [6.45, 7) is 4.66. The zero-order chi connectivity index (χ0) is 20.5. The van der Waals surface area contributed by atoms with Crippen molar-refractivity contribution in [3.8, 4) is 5.75 Å². The Kier molecular flexibility index (Phi) is 7.50. The highest BCUT2D eigenvalue weighted by atomic mass is 16.5. The predicted molar refractivity (Wildman–Crippen MR) is 115 cm³/mol. The molecule has 0 atom stereocenters. The van der Waals surface area contributed by atoms with E-state index in [1.54, 1.807) is 0 Å². The Hall–Kier alpha value is -3.02. The Balaban J connectivity index is 1.41. The number of carbonyl (C=O) groups is 2. The quantitative estimate of drug-likeness (QED) is 0.719. The van der Waals surface area contributed by atoms with Gasteiger partial charge in [-0.1, -0.05) is 12.1 Å². The van der Waals surface area contributed by atoms with Gasteiger partial charge in [-0.15, -0.1) is 0 Å². The van der Waals surface area contributed by atoms with Gasteiger partial charge in [0.15, 0.2) is 0 Å². The summed E-state index contributed by atoms with van der Waals surface area (Å²) >= 11 is 0. The van der Waals surface area contributed by atoms with E-state index in [1.807, 2.05) is 55.5 Å². The van der Waals surface area contributed by atoms with Crippen molar-refractivity contribution in [1.82, 2.24) is 5.32 Å². The molecule has 0 aromatic heterocycles. The lowest BCUT2D eigenvalue weighted by molar-refractivity contribution is -0.123. The number of piperidine rings is 1. The van der Waals surface area contributed by atoms with E-state index in [1.165, 1.54) is 24.9 Å². The molecule has 2 aromatic carbocycles. The average Bonchev–Trinajstić information content (AvgIpc) is 2.75. The van der Waals surface area contributed by atoms with Gasteiger partial charge in [0, 0.05) is 24.5 Å². The molecule has 0 unspecified atom stereocenters. The Morgan fingerprint density at radius 2 is 1.62 bits per heavy atom. The van der Waals surface area contributed by atoms with E-state index >= 15 is 0 Å². The van der Waals surface area contributed by atoms with E-state index in [-0.39, 0.29) is 24.8 Å². The highest BCUT2D eigenvalue weighted by Crippen LogP contribution is 2.21. The summed E-state index contributed by atoms with van der Waals surface area (Å²) in [5.74, 6) is 0.350. The summed E-state index contributed by atoms with van der Waals surface area (Å²) in [6.07, 6.45) is 3.99. The molecule has 2 amide bonds. The first kappa shape index (κ1) is 20.7. The van der Waals surface area contributed by atoms with Gasteiger partial charge in [0.1, 0.15) is 5.75 Å². The first-order valence-electron chi connectivity index (χ1n) is 10.3. The fourth-order valence-corrected chi connectivity index (χ4v) is 3.41. The van der Waals surface area contributed by atoms with Crippen molar-refractivity contribution in [2.75, 3.05) is 36.5 Å². The number of benzene rings is 2. The van der Waals surface area contributed by atoms with Crippen molar-refractivity contribution in [2.45, 2.75) is 32.6 Å². The van der Waals surface area contributed by atoms with Gasteiger partial charge in [-0.25, -0.2) is 0 Å². The highest BCUT2D eigenvalue weighted by molar-refractivity contribution is 5.94. The first-order chi connectivity index (χ1) is 14.1. The Bertz CT molecular complexity index is 797. The molecule has 0 aliphatic carbocycles. The summed E-state index contributed by atoms with van der Waals surface area (Å²) in [5, 5.41) is 5.49. The largest absolute Gasteiger partial charge is 0.494 e. The Morgan fingerprint density at radius 1 is 0.931 bits per heavy atom. The molecule has 0 radical (unpaired) electrons. The minimum Gasteiger partial charge on any atom is -0.494 e. The number of hydrogen-bond acceptors (Lipinski definition) is 4. The van der Waals surface area contributed by atoms with E-state index in [0.717, 1.165) is 30.1 Å². The molecular formula is C23H29N3O3. The van der Waals surface area contributed by atoms with Crippen molar-refractivity contribution in [2.24, 2.45) is 0 Å². The van der Waals surface area contributed by atoms with Gasteiger partial charge in [0.2, 0.25) is 11.8 Å². The minimum absolute atomic E-state index is 0.0518. The molecule has 2 aromatic rings. The summed E-state index contributed by atoms with van der Waals surface area (Å²) in [7, 11) is 0. The molecule has 3 rings (SSSR count). The normalized spacial score (nSPS) is 13.6. The SMILES string of the molecule is CCOc1ccc(CC(=O)NCC(=O)Nc2ccc(N3CCCCC3)cc2)cc1. The van der Waals surface area contributed by atoms with E-state index in [4.69, 9.17) is 4.74 Å². The zero-order valence-corrected chi connectivity index (χ0v) is 16.9. The van der Waals surface area contributed by atoms with Crippen LogP contribution in [0.4, 0.5) is 11.4 Å². The van der Waals surface area contributed by atoms with Crippen LogP contribution in [0.2, 0.25) is 0 Å². The van der Waals surface area contributed by atoms with Crippen molar-refractivity contribution in [3.63, 3.8) is 0 Å². The van der Waals surface area contributed by atoms with Crippen LogP contribution in [-0.4, -0.2) is 38.1 Å². The lowest BCUT2D eigenvalue weighted by Crippen LogP contribution is -2.33. The summed E-state index contributed by atoms with van der Waals surface area (Å²) in [5.41, 5.74) is 2.79. The molecule has 154 valence electrons. The molecule has 0 bridgehead atoms. The molecule has 1 aliphatic heterocycles. The van der Waals surface area contributed by atoms with Crippen molar-refractivity contribution >= 4 is 23.2 Å². The lowest BCUT2D eigenvalue weighted by Gasteiger charge is -2.28. The van der Waals surface area contributed by atoms with Gasteiger partial charge in [0.05, 0.1) is 19.6 Å². The summed E-state index contributed by atoms with van der Waals surface area (Å²) < 4.78 is 5.39. The van der Waals surface area contributed by atoms with Crippen LogP contribution in [0.15, 0.2) is 48.5 Å². The van der Waals surface area contributed by atoms with Crippen LogP contribution in [0.25, 0.3) is 0 Å². The van der Waals surface area contributed by atoms with Crippen LogP contribution in [0.3, 0.4) is 0 Å². The third-order valence-corrected chi connectivity index (χ3v) is 4.92. The van der Waals surface area contributed by atoms with Crippen LogP contribution >= 0.6 is 0 Å². The molecule has 29 heavy (non-hydrogen) atoms. The van der Waals surface area contributed by atoms with E-state index < -0.39 is 0 Å². The number of nitrogens with one attached hydrogen (secondary N) is 2. The van der Waals surface area contributed by atoms with Crippen LogP contribution < -0.4 is 20.3 Å². The predicted octanol–water partition coefficient (Wildman–Crippen LogP) is 3.37. The molecule has 1 aliphatic rings. The van der Waals surface area contributed by atoms with Gasteiger partial charge >= 0.3 is 0 Å². The molecule has 1 heterocycles. The van der Waals surface area contributed by atoms with E-state index in [0.29, 0.717) is 6.61 Å². The van der Waals surface area contributed by atoms with Gasteiger partial charge < -0.3 is 20.3 Å². The van der Waals surface area contributed by atoms with Crippen LogP contribution in [0.5, 0.6) is 5.75 Å². The second-order valence-corrected chi connectivity index (χ2v) is 7.17. The number of anilines is 2. The summed E-state index contributed by atoms with van der Waals surface area (Å²) in [4.78, 5) is 26.6. The number of amides is 2. The fraction of sp³-hybridized carbons (Fsp3) is 0.391. The van der Waals surface area contributed by atoms with Crippen LogP contribution in [0, 0.1) is 0 Å². The Labute approximate surface area is 172 Å². The van der Waals surface area contributed by atoms with Crippen LogP contribution in [0.1, 0.15) is 31.7 Å². The van der Waals surface area contributed by atoms with Crippen molar-refractivity contribution < 1.29 is 14.3 Å². The monoisotopic (exact) mass is 395 g/mol. The van der Waals surface area contributed by atoms with Gasteiger partial charge in [-0.2, -0.15) is 0 Å². The number of nitrogens with zero attached hydrogens (tertiary/aromatic N) is 1. The van der Waals surface area contributed by atoms with Gasteiger partial charge in [-0.3, -0.25) is 9.59 Å². The second kappa shape index (κ2) is 10.5. The van der Waals surface area contributed by atoms with Gasteiger partial charge in [-0.05, 0) is 68.1 Å². The number of carbonyl (C=O) groups excluding carboxylic acids is 2. The summed E-state index contributed by atoms with van der Waals surface area (Å²) in [6, 6.07) is 15.3. The molecular weight excluding hydrogens is 366 g/mol. The number of hydrogen-bond donors (Lipinski definition) is 2. The zero-order valence-electron chi connectivity index (χ0n) is 16.9. The molecule has 1 fully saturated rings. The van der Waals surface area contributed by atoms with Crippen molar-refractivity contribution in [3.05, 3.63) is 54.1 Å². The number of ether oxygens (including phenoxy) is 1. The molecule has 6 nitrogen and oxygen atoms in total. The Morgan fingerprint density at radius 3 is 2.28 bits per heavy atom. The van der Waals surface area contributed by atoms with E-state index in [9.17, 15) is 9.59 Å². The maximum Gasteiger partial charge on any atom is 0.243 e. The lowest BCUT2D eigenvalue weighted by atomic mass is 10.1. The molecule has 0 saturated carbocycles. The van der Waals surface area contributed by atoms with E-state index in [2.05, 4.69) is 15.5 Å². The molecule has 2 N–H and O–H groups in total. The fourth-order valence-electron chi connectivity index (χ4n) is 3.41.